The molecule has 168 valence electrons. The maximum absolute atomic E-state index is 13.2. The minimum Gasteiger partial charge on any atom is -0.504 e. The largest absolute Gasteiger partial charge is 0.504 e. The van der Waals surface area contributed by atoms with Crippen molar-refractivity contribution >= 4 is 5.78 Å². The van der Waals surface area contributed by atoms with Gasteiger partial charge in [-0.1, -0.05) is 6.92 Å². The summed E-state index contributed by atoms with van der Waals surface area (Å²) in [6.07, 6.45) is -8.17. The molecular formula is C20H28O10. The molecule has 2 saturated heterocycles. The fourth-order valence-corrected chi connectivity index (χ4v) is 7.18. The van der Waals surface area contributed by atoms with Crippen LogP contribution in [0.1, 0.15) is 26.7 Å². The smallest absolute Gasteiger partial charge is 0.207 e. The second kappa shape index (κ2) is 6.23. The number of carbonyl (C=O) groups excluding carboxylic acids is 1. The van der Waals surface area contributed by atoms with Crippen LogP contribution in [0.3, 0.4) is 0 Å². The molecule has 0 radical (unpaired) electrons. The van der Waals surface area contributed by atoms with Gasteiger partial charge in [-0.25, -0.2) is 0 Å². The Kier molecular flexibility index (Phi) is 4.31. The Labute approximate surface area is 172 Å². The highest BCUT2D eigenvalue weighted by Gasteiger charge is 2.99. The van der Waals surface area contributed by atoms with E-state index in [0.717, 1.165) is 0 Å². The molecule has 1 spiro atoms. The summed E-state index contributed by atoms with van der Waals surface area (Å²) in [4.78, 5) is 13.2. The normalized spacial score (nSPS) is 56.8. The number of allylic oxidation sites excluding steroid dienone is 1. The Morgan fingerprint density at radius 2 is 1.83 bits per heavy atom. The van der Waals surface area contributed by atoms with Gasteiger partial charge >= 0.3 is 0 Å². The van der Waals surface area contributed by atoms with Crippen LogP contribution in [0.4, 0.5) is 0 Å². The van der Waals surface area contributed by atoms with E-state index in [0.29, 0.717) is 18.4 Å². The maximum Gasteiger partial charge on any atom is 0.207 e. The van der Waals surface area contributed by atoms with E-state index < -0.39 is 77.7 Å². The van der Waals surface area contributed by atoms with Crippen molar-refractivity contribution in [1.82, 2.24) is 0 Å². The van der Waals surface area contributed by atoms with Crippen molar-refractivity contribution < 1.29 is 49.6 Å². The van der Waals surface area contributed by atoms with Crippen molar-refractivity contribution in [1.29, 1.82) is 0 Å². The molecule has 2 heterocycles. The Morgan fingerprint density at radius 3 is 2.43 bits per heavy atom. The molecule has 30 heavy (non-hydrogen) atoms. The van der Waals surface area contributed by atoms with E-state index in [1.807, 2.05) is 6.92 Å². The summed E-state index contributed by atoms with van der Waals surface area (Å²) < 4.78 is 17.6. The van der Waals surface area contributed by atoms with Gasteiger partial charge in [-0.15, -0.1) is 0 Å². The average molecular weight is 428 g/mol. The number of aliphatic hydroxyl groups excluding tert-OH is 6. The van der Waals surface area contributed by atoms with Crippen LogP contribution in [0, 0.1) is 16.2 Å². The van der Waals surface area contributed by atoms with Crippen LogP contribution < -0.4 is 0 Å². The molecule has 0 bridgehead atoms. The monoisotopic (exact) mass is 428 g/mol. The Morgan fingerprint density at radius 1 is 1.13 bits per heavy atom. The van der Waals surface area contributed by atoms with Crippen molar-refractivity contribution in [2.75, 3.05) is 13.2 Å². The zero-order chi connectivity index (χ0) is 21.8. The summed E-state index contributed by atoms with van der Waals surface area (Å²) in [5.74, 6) is -0.660. The van der Waals surface area contributed by atoms with Gasteiger partial charge in [-0.3, -0.25) is 4.79 Å². The van der Waals surface area contributed by atoms with Crippen LogP contribution in [-0.4, -0.2) is 98.7 Å². The van der Waals surface area contributed by atoms with E-state index in [9.17, 15) is 35.4 Å². The maximum atomic E-state index is 13.2. The zero-order valence-corrected chi connectivity index (χ0v) is 16.8. The van der Waals surface area contributed by atoms with Crippen LogP contribution in [0.15, 0.2) is 11.3 Å². The van der Waals surface area contributed by atoms with Crippen LogP contribution in [0.5, 0.6) is 0 Å². The summed E-state index contributed by atoms with van der Waals surface area (Å²) in [7, 11) is 0. The summed E-state index contributed by atoms with van der Waals surface area (Å²) >= 11 is 0. The Hall–Kier alpha value is -1.11. The highest BCUT2D eigenvalue weighted by Crippen LogP contribution is 2.91. The molecule has 10 heteroatoms. The van der Waals surface area contributed by atoms with E-state index in [2.05, 4.69) is 0 Å². The highest BCUT2D eigenvalue weighted by molar-refractivity contribution is 6.05. The van der Waals surface area contributed by atoms with Gasteiger partial charge in [0.1, 0.15) is 24.4 Å². The summed E-state index contributed by atoms with van der Waals surface area (Å²) in [6.45, 7) is 2.67. The van der Waals surface area contributed by atoms with E-state index >= 15 is 0 Å². The van der Waals surface area contributed by atoms with Crippen molar-refractivity contribution in [3.05, 3.63) is 11.3 Å². The summed E-state index contributed by atoms with van der Waals surface area (Å²) in [5, 5.41) is 60.4. The van der Waals surface area contributed by atoms with Crippen LogP contribution in [0.2, 0.25) is 0 Å². The third kappa shape index (κ3) is 1.96. The first-order valence-electron chi connectivity index (χ1n) is 10.3. The quantitative estimate of drug-likeness (QED) is 0.299. The van der Waals surface area contributed by atoms with Gasteiger partial charge in [-0.2, -0.15) is 0 Å². The first kappa shape index (κ1) is 20.8. The number of aliphatic hydroxyl groups is 6. The fraction of sp³-hybridized carbons (Fsp3) is 0.850. The number of carbonyl (C=O) groups is 1. The molecule has 5 aliphatic rings. The lowest BCUT2D eigenvalue weighted by Gasteiger charge is -2.41. The predicted molar refractivity (Wildman–Crippen MR) is 96.9 cm³/mol. The van der Waals surface area contributed by atoms with Gasteiger partial charge in [0.25, 0.3) is 0 Å². The van der Waals surface area contributed by atoms with E-state index in [1.54, 1.807) is 6.92 Å². The van der Waals surface area contributed by atoms with Gasteiger partial charge in [0.15, 0.2) is 12.0 Å². The third-order valence-electron chi connectivity index (χ3n) is 8.60. The van der Waals surface area contributed by atoms with Gasteiger partial charge in [-0.05, 0) is 30.8 Å². The number of ketones is 1. The Bertz CT molecular complexity index is 811. The molecule has 5 rings (SSSR count). The number of ether oxygens (including phenoxy) is 3. The summed E-state index contributed by atoms with van der Waals surface area (Å²) in [6, 6.07) is 0. The van der Waals surface area contributed by atoms with Crippen LogP contribution in [-0.2, 0) is 19.0 Å². The molecule has 2 aliphatic heterocycles. The molecule has 0 aromatic rings. The minimum absolute atomic E-state index is 0.259. The molecule has 0 amide bonds. The van der Waals surface area contributed by atoms with Crippen LogP contribution in [0.25, 0.3) is 0 Å². The topological polar surface area (TPSA) is 166 Å². The first-order chi connectivity index (χ1) is 14.1. The van der Waals surface area contributed by atoms with Gasteiger partial charge in [0.05, 0.1) is 36.9 Å². The van der Waals surface area contributed by atoms with Crippen molar-refractivity contribution in [3.63, 3.8) is 0 Å². The predicted octanol–water partition coefficient (Wildman–Crippen LogP) is -1.87. The van der Waals surface area contributed by atoms with Gasteiger partial charge in [0, 0.05) is 5.41 Å². The number of hydrogen-bond donors (Lipinski definition) is 6. The lowest BCUT2D eigenvalue weighted by atomic mass is 9.73. The zero-order valence-electron chi connectivity index (χ0n) is 16.8. The highest BCUT2D eigenvalue weighted by atomic mass is 16.7. The second-order valence-corrected chi connectivity index (χ2v) is 9.55. The first-order valence-corrected chi connectivity index (χ1v) is 10.3. The molecule has 4 fully saturated rings. The number of rotatable bonds is 4. The standard InChI is InChI=1S/C20H28O10/c1-7-3-10-20(15(27)11(7)23)18(2)4-8(16(30-10)19(18,20)6-22)28-17-14(26)13(25)12(24)9(5-21)29-17/h8-10,12-14,16-17,21-26H,3-6H2,1-2H3/t8-,9-,10-,12-,13+,14-,16-,17-,18+,19+,20+/m1/s1. The van der Waals surface area contributed by atoms with E-state index in [-0.39, 0.29) is 12.4 Å². The lowest BCUT2D eigenvalue weighted by Crippen LogP contribution is -2.60. The molecule has 0 unspecified atom stereocenters. The van der Waals surface area contributed by atoms with Gasteiger partial charge in [0.2, 0.25) is 5.78 Å². The van der Waals surface area contributed by atoms with Crippen molar-refractivity contribution in [2.24, 2.45) is 16.2 Å². The number of Topliss-reactive ketones (excluding diaryl/α,β-unsaturated/α-hetero) is 1. The third-order valence-corrected chi connectivity index (χ3v) is 8.60. The van der Waals surface area contributed by atoms with E-state index in [4.69, 9.17) is 14.2 Å². The molecule has 10 nitrogen and oxygen atoms in total. The lowest BCUT2D eigenvalue weighted by molar-refractivity contribution is -0.317. The van der Waals surface area contributed by atoms with Gasteiger partial charge < -0.3 is 44.8 Å². The van der Waals surface area contributed by atoms with Crippen molar-refractivity contribution in [3.8, 4) is 0 Å². The Balaban J connectivity index is 1.44. The molecule has 3 aliphatic carbocycles. The summed E-state index contributed by atoms with van der Waals surface area (Å²) in [5.41, 5.74) is -2.06. The van der Waals surface area contributed by atoms with E-state index in [1.165, 1.54) is 0 Å². The SMILES string of the molecule is CC1=C(O)C(=O)[C@@]23[C@@H](C1)O[C@@H]1[C@H](O[C@@H]4O[C@H](CO)[C@@H](O)[C@H](O)[C@H]4O)C[C@@]2(C)[C@]13CO. The minimum atomic E-state index is -1.57. The average Bonchev–Trinajstić information content (AvgIpc) is 2.92. The number of hydrogen-bond acceptors (Lipinski definition) is 10. The van der Waals surface area contributed by atoms with Crippen LogP contribution >= 0.6 is 0 Å². The second-order valence-electron chi connectivity index (χ2n) is 9.55. The molecule has 2 saturated carbocycles. The molecule has 0 aromatic carbocycles. The molecule has 0 aromatic heterocycles. The van der Waals surface area contributed by atoms with Crippen molar-refractivity contribution in [2.45, 2.75) is 75.7 Å². The molecule has 11 atom stereocenters. The molecular weight excluding hydrogens is 400 g/mol. The fourth-order valence-electron chi connectivity index (χ4n) is 7.18. The molecule has 6 N–H and O–H groups in total.